The van der Waals surface area contributed by atoms with Gasteiger partial charge in [0.1, 0.15) is 11.4 Å². The Balaban J connectivity index is 0.868. The van der Waals surface area contributed by atoms with Crippen LogP contribution < -0.4 is 4.90 Å². The van der Waals surface area contributed by atoms with E-state index >= 15 is 0 Å². The van der Waals surface area contributed by atoms with Gasteiger partial charge in [-0.25, -0.2) is 4.57 Å². The molecule has 0 bridgehead atoms. The number of likely N-dealkylation sites (N-methyl/N-ethyl adjacent to an activating group) is 1. The number of nitrogens with zero attached hydrogens (tertiary/aromatic N) is 1. The number of aliphatic carboxylic acids is 1. The Morgan fingerprint density at radius 1 is 1.00 bits per heavy atom. The highest BCUT2D eigenvalue weighted by molar-refractivity contribution is 7.46. The first-order valence-corrected chi connectivity index (χ1v) is 26.9. The quantitative estimate of drug-likeness (QED) is 0.0999. The van der Waals surface area contributed by atoms with Crippen LogP contribution in [0.25, 0.3) is 0 Å². The Kier molecular flexibility index (Phi) is 13.0. The maximum absolute atomic E-state index is 12.6. The summed E-state index contributed by atoms with van der Waals surface area (Å²) >= 11 is 0. The second kappa shape index (κ2) is 17.9. The van der Waals surface area contributed by atoms with Crippen molar-refractivity contribution in [3.63, 3.8) is 0 Å². The number of ketones is 1. The summed E-state index contributed by atoms with van der Waals surface area (Å²) in [5.41, 5.74) is 4.51. The smallest absolute Gasteiger partial charge is 0.469 e. The van der Waals surface area contributed by atoms with E-state index in [1.807, 2.05) is 6.92 Å². The summed E-state index contributed by atoms with van der Waals surface area (Å²) in [4.78, 5) is 46.8. The predicted octanol–water partition coefficient (Wildman–Crippen LogP) is 9.38. The summed E-state index contributed by atoms with van der Waals surface area (Å²) in [5, 5.41) is 33.6. The summed E-state index contributed by atoms with van der Waals surface area (Å²) < 4.78 is 25.0. The number of hydrogen-bond donors (Lipinski definition) is 5. The van der Waals surface area contributed by atoms with Crippen LogP contribution in [0.2, 0.25) is 0 Å². The van der Waals surface area contributed by atoms with Crippen molar-refractivity contribution < 1.29 is 48.5 Å². The molecule has 0 aliphatic heterocycles. The molecule has 8 aliphatic carbocycles. The van der Waals surface area contributed by atoms with E-state index in [1.54, 1.807) is 0 Å². The third-order valence-electron chi connectivity index (χ3n) is 20.3. The molecule has 1 aromatic carbocycles. The molecule has 0 amide bonds. The molecule has 1 aromatic rings. The lowest BCUT2D eigenvalue weighted by molar-refractivity contribution is -0.206. The minimum Gasteiger partial charge on any atom is -0.481 e. The highest BCUT2D eigenvalue weighted by atomic mass is 31.2. The van der Waals surface area contributed by atoms with Crippen LogP contribution in [0.15, 0.2) is 47.1 Å². The van der Waals surface area contributed by atoms with Gasteiger partial charge in [-0.05, 0) is 177 Å². The predicted molar refractivity (Wildman–Crippen MR) is 253 cm³/mol. The molecule has 11 nitrogen and oxygen atoms in total. The van der Waals surface area contributed by atoms with Crippen LogP contribution in [0.1, 0.15) is 149 Å². The van der Waals surface area contributed by atoms with Crippen LogP contribution in [0, 0.1) is 75.4 Å². The first kappa shape index (κ1) is 48.2. The maximum Gasteiger partial charge on any atom is 0.469 e. The Bertz CT molecular complexity index is 2220. The Morgan fingerprint density at radius 3 is 2.47 bits per heavy atom. The molecule has 7 fully saturated rings. The van der Waals surface area contributed by atoms with Crippen LogP contribution in [0.4, 0.5) is 5.69 Å². The van der Waals surface area contributed by atoms with E-state index in [0.717, 1.165) is 63.5 Å². The lowest BCUT2D eigenvalue weighted by atomic mass is 9.43. The van der Waals surface area contributed by atoms with Gasteiger partial charge in [0.25, 0.3) is 0 Å². The van der Waals surface area contributed by atoms with Crippen molar-refractivity contribution in [2.45, 2.75) is 167 Å². The van der Waals surface area contributed by atoms with Crippen molar-refractivity contribution in [1.82, 2.24) is 0 Å². The van der Waals surface area contributed by atoms with Gasteiger partial charge in [-0.2, -0.15) is 0 Å². The number of fused-ring (bicyclic) bond motifs is 9. The third kappa shape index (κ3) is 8.22. The molecule has 7 saturated carbocycles. The molecule has 16 atom stereocenters. The van der Waals surface area contributed by atoms with Crippen molar-refractivity contribution >= 4 is 25.3 Å². The number of carboxylic acids is 1. The van der Waals surface area contributed by atoms with E-state index in [-0.39, 0.29) is 64.8 Å². The molecule has 0 heterocycles. The van der Waals surface area contributed by atoms with Gasteiger partial charge in [0.05, 0.1) is 24.9 Å². The van der Waals surface area contributed by atoms with Crippen molar-refractivity contribution in [1.29, 1.82) is 0 Å². The molecular weight excluding hydrogens is 854 g/mol. The fraction of sp³-hybridized carbons (Fsp3) is 0.741. The molecule has 66 heavy (non-hydrogen) atoms. The topological polar surface area (TPSA) is 174 Å². The minimum atomic E-state index is -4.81. The molecule has 0 spiro atoms. The molecule has 0 saturated heterocycles. The number of hydrogen-bond acceptors (Lipinski definition) is 8. The molecule has 0 aromatic heterocycles. The number of ether oxygens (including phenoxy) is 1. The van der Waals surface area contributed by atoms with Gasteiger partial charge in [0.2, 0.25) is 0 Å². The number of anilines is 1. The summed E-state index contributed by atoms with van der Waals surface area (Å²) in [6.07, 6.45) is 12.4. The molecule has 362 valence electrons. The first-order valence-electron chi connectivity index (χ1n) is 25.4. The Morgan fingerprint density at radius 2 is 1.76 bits per heavy atom. The van der Waals surface area contributed by atoms with Crippen molar-refractivity contribution in [2.24, 2.45) is 63.6 Å². The zero-order valence-corrected chi connectivity index (χ0v) is 41.1. The van der Waals surface area contributed by atoms with Crippen LogP contribution >= 0.6 is 7.82 Å². The molecule has 12 heteroatoms. The van der Waals surface area contributed by atoms with Crippen LogP contribution in [0.3, 0.4) is 0 Å². The summed E-state index contributed by atoms with van der Waals surface area (Å²) in [6, 6.07) is 8.95. The molecule has 8 aliphatic rings. The third-order valence-corrected chi connectivity index (χ3v) is 20.8. The Labute approximate surface area is 392 Å². The zero-order chi connectivity index (χ0) is 47.1. The van der Waals surface area contributed by atoms with E-state index in [9.17, 15) is 39.3 Å². The average molecular weight is 930 g/mol. The first-order chi connectivity index (χ1) is 31.2. The number of aliphatic hydroxyl groups excluding tert-OH is 1. The number of aliphatic hydroxyl groups is 2. The summed E-state index contributed by atoms with van der Waals surface area (Å²) in [5.74, 6) is 6.99. The normalized spacial score (nSPS) is 42.1. The molecule has 2 unspecified atom stereocenters. The molecular formula is C54H76NO10P. The van der Waals surface area contributed by atoms with Crippen molar-refractivity contribution in [3.05, 3.63) is 52.6 Å². The van der Waals surface area contributed by atoms with Crippen LogP contribution in [-0.4, -0.2) is 81.0 Å². The standard InChI is InChI=1S/C54H76NO10P/c1-7-22-54(60)24-21-43-40-15-11-34-27-37(56)14-16-39(34)49(40)41(31-52(43,54)4)33-9-12-36(13-10-33)55(6)25-26-64-38-20-23-51(3)35(28-38)29-46(65-66(61,62)63)50-44-18-17-42(32(2)8-19-48(58)59)53(44,5)47(57)30-45(50)51/h9-13,32,35,38,40-47,50,57,60H,8,14-21,23-31H2,1-6H3,(H,58,59)(H2,61,62,63)/t32-,35+,38+,40?,41-,42-,43?,44+,45+,46-,47+,50+,51+,52+,53-,54+/m1/s1. The lowest BCUT2D eigenvalue weighted by Crippen LogP contribution is -2.62. The van der Waals surface area contributed by atoms with E-state index in [1.165, 1.54) is 22.3 Å². The number of Topliss-reactive ketones (excluding diaryl/α,β-unsaturated/α-hetero) is 1. The fourth-order valence-corrected chi connectivity index (χ4v) is 17.4. The highest BCUT2D eigenvalue weighted by Gasteiger charge is 2.67. The minimum absolute atomic E-state index is 0.00550. The largest absolute Gasteiger partial charge is 0.481 e. The van der Waals surface area contributed by atoms with Gasteiger partial charge in [0, 0.05) is 49.9 Å². The number of phosphoric ester groups is 1. The SMILES string of the molecule is CC#C[C@]1(O)CCC2C3CC=C4CC(=O)CCC4=C3[C@@H](c3ccc(N(C)CCO[C@H]4CC[C@@]5(C)[C@@H](C4)C[C@@H](OP(=O)(O)O)[C@@H]4[C@@H]5C[C@H](O)[C@]5(C)[C@@H]([C@H](C)CCC(=O)O)CC[C@@H]45)cc3)C[C@@]21C. The second-order valence-electron chi connectivity index (χ2n) is 23.1. The molecule has 5 N–H and O–H groups in total. The van der Waals surface area contributed by atoms with E-state index < -0.39 is 37.0 Å². The number of rotatable bonds is 12. The number of carbonyl (C=O) groups is 2. The number of allylic oxidation sites excluding steroid dienone is 4. The number of phosphoric acid groups is 1. The number of benzene rings is 1. The number of carboxylic acid groups (broad SMARTS) is 1. The average Bonchev–Trinajstić information content (AvgIpc) is 3.76. The van der Waals surface area contributed by atoms with Crippen molar-refractivity contribution in [3.8, 4) is 11.8 Å². The lowest BCUT2D eigenvalue weighted by Gasteiger charge is -2.64. The molecule has 0 radical (unpaired) electrons. The van der Waals surface area contributed by atoms with Crippen molar-refractivity contribution in [2.75, 3.05) is 25.1 Å². The highest BCUT2D eigenvalue weighted by Crippen LogP contribution is 2.70. The van der Waals surface area contributed by atoms with Gasteiger partial charge in [-0.3, -0.25) is 14.1 Å². The maximum atomic E-state index is 12.6. The Hall–Kier alpha value is -2.81. The second-order valence-corrected chi connectivity index (χ2v) is 24.3. The summed E-state index contributed by atoms with van der Waals surface area (Å²) in [6.45, 7) is 11.9. The fourth-order valence-electron chi connectivity index (χ4n) is 16.8. The van der Waals surface area contributed by atoms with Crippen LogP contribution in [0.5, 0.6) is 0 Å². The number of carbonyl (C=O) groups excluding carboxylic acids is 1. The van der Waals surface area contributed by atoms with Gasteiger partial charge in [-0.15, -0.1) is 5.92 Å². The monoisotopic (exact) mass is 930 g/mol. The van der Waals surface area contributed by atoms with E-state index in [4.69, 9.17) is 9.26 Å². The van der Waals surface area contributed by atoms with E-state index in [0.29, 0.717) is 69.3 Å². The van der Waals surface area contributed by atoms with E-state index in [2.05, 4.69) is 81.8 Å². The van der Waals surface area contributed by atoms with Gasteiger partial charge in [0.15, 0.2) is 0 Å². The van der Waals surface area contributed by atoms with Gasteiger partial charge in [-0.1, -0.05) is 57.4 Å². The summed E-state index contributed by atoms with van der Waals surface area (Å²) in [7, 11) is -2.71. The molecule has 9 rings (SSSR count). The van der Waals surface area contributed by atoms with Crippen LogP contribution in [-0.2, 0) is 23.4 Å². The van der Waals surface area contributed by atoms with Gasteiger partial charge < -0.3 is 34.7 Å². The zero-order valence-electron chi connectivity index (χ0n) is 40.2. The van der Waals surface area contributed by atoms with Gasteiger partial charge >= 0.3 is 13.8 Å².